The number of pyridine rings is 1. The van der Waals surface area contributed by atoms with Crippen molar-refractivity contribution in [3.8, 4) is 0 Å². The molecule has 5 aromatic rings. The minimum Gasteiger partial charge on any atom is -0.372 e. The largest absolute Gasteiger partial charge is 0.372 e. The van der Waals surface area contributed by atoms with E-state index >= 15 is 4.39 Å². The highest BCUT2D eigenvalue weighted by Gasteiger charge is 2.39. The normalized spacial score (nSPS) is 20.7. The van der Waals surface area contributed by atoms with E-state index in [0.29, 0.717) is 29.8 Å². The number of imide groups is 1. The van der Waals surface area contributed by atoms with Crippen LogP contribution in [-0.2, 0) is 22.6 Å². The number of nitrogens with one attached hydrogen (secondary N) is 2. The zero-order chi connectivity index (χ0) is 39.3. The van der Waals surface area contributed by atoms with E-state index in [1.54, 1.807) is 4.90 Å². The number of hydrogen-bond acceptors (Lipinski definition) is 8. The standard InChI is InChI=1S/C46H47FN8O3/c47-44-43-37-3-1-2-35(30-14-18-48-19-15-30)42(38(37)10-11-39(43)50-51-44)31-4-6-33(7-5-31)53-20-16-29(17-21-53)27-52-22-24-54(25-23-52)34-8-9-36-32(26-34)28-55(46(36)58)40-12-13-41(56)49-45(40)57/h4-11,14-15,18-19,26,29,40H,1-3,12-13,16-17,20-25,27-28H2,(H,50,51)(H,49,56,57)/t40-/m0/s1. The fraction of sp³-hybridized carbons (Fsp3) is 0.370. The smallest absolute Gasteiger partial charge is 0.255 e. The van der Waals surface area contributed by atoms with Gasteiger partial charge < -0.3 is 14.7 Å². The topological polar surface area (TPSA) is 118 Å². The predicted octanol–water partition coefficient (Wildman–Crippen LogP) is 6.19. The zero-order valence-electron chi connectivity index (χ0n) is 32.6. The van der Waals surface area contributed by atoms with Crippen molar-refractivity contribution in [1.82, 2.24) is 30.3 Å². The zero-order valence-corrected chi connectivity index (χ0v) is 32.6. The Kier molecular flexibility index (Phi) is 9.51. The van der Waals surface area contributed by atoms with E-state index in [4.69, 9.17) is 0 Å². The van der Waals surface area contributed by atoms with Crippen LogP contribution in [0.15, 0.2) is 79.1 Å². The number of aryl methyl sites for hydroxylation is 1. The number of aromatic nitrogens is 3. The third-order valence-corrected chi connectivity index (χ3v) is 13.1. The lowest BCUT2D eigenvalue weighted by molar-refractivity contribution is -0.136. The Hall–Kier alpha value is -5.88. The van der Waals surface area contributed by atoms with E-state index in [2.05, 4.69) is 83.7 Å². The molecule has 58 heavy (non-hydrogen) atoms. The van der Waals surface area contributed by atoms with Gasteiger partial charge in [-0.1, -0.05) is 18.2 Å². The summed E-state index contributed by atoms with van der Waals surface area (Å²) in [6, 6.07) is 22.7. The number of nitrogens with zero attached hydrogens (tertiary/aromatic N) is 6. The molecule has 6 heterocycles. The summed E-state index contributed by atoms with van der Waals surface area (Å²) >= 11 is 0. The van der Waals surface area contributed by atoms with Crippen LogP contribution in [0.3, 0.4) is 0 Å². The molecule has 1 aliphatic carbocycles. The highest BCUT2D eigenvalue weighted by atomic mass is 19.1. The maximum Gasteiger partial charge on any atom is 0.255 e. The maximum atomic E-state index is 15.0. The summed E-state index contributed by atoms with van der Waals surface area (Å²) in [7, 11) is 0. The summed E-state index contributed by atoms with van der Waals surface area (Å²) in [5, 5.41) is 9.76. The van der Waals surface area contributed by atoms with Gasteiger partial charge in [-0.05, 0) is 132 Å². The summed E-state index contributed by atoms with van der Waals surface area (Å²) in [5.41, 5.74) is 11.5. The summed E-state index contributed by atoms with van der Waals surface area (Å²) in [6.45, 7) is 7.42. The van der Waals surface area contributed by atoms with Crippen LogP contribution in [-0.4, -0.2) is 94.6 Å². The first-order valence-electron chi connectivity index (χ1n) is 20.8. The van der Waals surface area contributed by atoms with E-state index in [1.807, 2.05) is 30.6 Å². The molecular formula is C46H47FN8O3. The lowest BCUT2D eigenvalue weighted by atomic mass is 9.87. The van der Waals surface area contributed by atoms with Gasteiger partial charge in [0.15, 0.2) is 0 Å². The molecule has 1 atom stereocenters. The molecule has 4 aliphatic heterocycles. The maximum absolute atomic E-state index is 15.0. The van der Waals surface area contributed by atoms with Crippen LogP contribution >= 0.6 is 0 Å². The summed E-state index contributed by atoms with van der Waals surface area (Å²) in [5.74, 6) is -0.561. The molecule has 0 bridgehead atoms. The number of fused-ring (bicyclic) bond motifs is 4. The molecule has 3 aromatic carbocycles. The number of rotatable bonds is 7. The van der Waals surface area contributed by atoms with Gasteiger partial charge in [0.05, 0.1) is 10.9 Å². The average molecular weight is 779 g/mol. The van der Waals surface area contributed by atoms with Gasteiger partial charge >= 0.3 is 0 Å². The number of allylic oxidation sites excluding steroid dienone is 1. The highest BCUT2D eigenvalue weighted by molar-refractivity contribution is 6.06. The first kappa shape index (κ1) is 36.5. The van der Waals surface area contributed by atoms with Gasteiger partial charge in [-0.3, -0.25) is 34.7 Å². The van der Waals surface area contributed by atoms with Crippen molar-refractivity contribution < 1.29 is 18.8 Å². The Morgan fingerprint density at radius 2 is 1.48 bits per heavy atom. The summed E-state index contributed by atoms with van der Waals surface area (Å²) < 4.78 is 15.0. The Bertz CT molecular complexity index is 2430. The van der Waals surface area contributed by atoms with Crippen LogP contribution in [0, 0.1) is 11.9 Å². The van der Waals surface area contributed by atoms with Crippen molar-refractivity contribution in [3.63, 3.8) is 0 Å². The second-order valence-corrected chi connectivity index (χ2v) is 16.5. The Labute approximate surface area is 336 Å². The number of anilines is 2. The Morgan fingerprint density at radius 1 is 0.741 bits per heavy atom. The summed E-state index contributed by atoms with van der Waals surface area (Å²) in [6.07, 6.45) is 9.23. The van der Waals surface area contributed by atoms with Crippen molar-refractivity contribution in [3.05, 3.63) is 118 Å². The molecule has 0 radical (unpaired) electrons. The number of halogens is 1. The fourth-order valence-electron chi connectivity index (χ4n) is 10.1. The molecule has 0 saturated carbocycles. The van der Waals surface area contributed by atoms with Crippen molar-refractivity contribution in [2.24, 2.45) is 5.92 Å². The molecular weight excluding hydrogens is 732 g/mol. The molecule has 2 aromatic heterocycles. The van der Waals surface area contributed by atoms with Gasteiger partial charge in [0.25, 0.3) is 5.91 Å². The molecule has 296 valence electrons. The van der Waals surface area contributed by atoms with Crippen LogP contribution < -0.4 is 15.1 Å². The van der Waals surface area contributed by atoms with Crippen molar-refractivity contribution in [1.29, 1.82) is 0 Å². The third-order valence-electron chi connectivity index (χ3n) is 13.1. The highest BCUT2D eigenvalue weighted by Crippen LogP contribution is 2.42. The first-order chi connectivity index (χ1) is 28.4. The molecule has 3 fully saturated rings. The molecule has 5 aliphatic rings. The number of carbonyl (C=O) groups is 3. The van der Waals surface area contributed by atoms with Gasteiger partial charge in [0.1, 0.15) is 6.04 Å². The summed E-state index contributed by atoms with van der Waals surface area (Å²) in [4.78, 5) is 50.7. The average Bonchev–Trinajstić information content (AvgIpc) is 3.72. The number of piperazine rings is 1. The predicted molar refractivity (Wildman–Crippen MR) is 222 cm³/mol. The molecule has 0 unspecified atom stereocenters. The third kappa shape index (κ3) is 6.72. The number of hydrogen-bond donors (Lipinski definition) is 2. The first-order valence-corrected chi connectivity index (χ1v) is 20.8. The molecule has 2 N–H and O–H groups in total. The van der Waals surface area contributed by atoms with Gasteiger partial charge in [-0.15, -0.1) is 5.10 Å². The number of aromatic amines is 1. The van der Waals surface area contributed by atoms with Gasteiger partial charge in [0, 0.05) is 88.1 Å². The van der Waals surface area contributed by atoms with E-state index in [0.717, 1.165) is 123 Å². The lowest BCUT2D eigenvalue weighted by Gasteiger charge is -2.40. The SMILES string of the molecule is O=C1CC[C@H](N2Cc3cc(N4CCN(CC5CCN(c6ccc(C7=C(c8ccncc8)CCCc8c7ccc7[nH]nc(F)c87)cc6)CC5)CC4)ccc3C2=O)C(=O)N1. The van der Waals surface area contributed by atoms with Gasteiger partial charge in [-0.25, -0.2) is 0 Å². The lowest BCUT2D eigenvalue weighted by Crippen LogP contribution is -2.52. The molecule has 10 rings (SSSR count). The minimum atomic E-state index is -0.596. The Morgan fingerprint density at radius 3 is 2.26 bits per heavy atom. The van der Waals surface area contributed by atoms with Crippen LogP contribution in [0.4, 0.5) is 15.8 Å². The molecule has 3 amide bonds. The van der Waals surface area contributed by atoms with E-state index in [9.17, 15) is 14.4 Å². The molecule has 11 nitrogen and oxygen atoms in total. The van der Waals surface area contributed by atoms with E-state index in [1.165, 1.54) is 11.3 Å². The second kappa shape index (κ2) is 15.1. The number of benzene rings is 3. The number of piperidine rings is 2. The second-order valence-electron chi connectivity index (χ2n) is 16.5. The van der Waals surface area contributed by atoms with Crippen LogP contribution in [0.5, 0.6) is 0 Å². The number of H-pyrrole nitrogens is 1. The number of amides is 3. The van der Waals surface area contributed by atoms with Crippen molar-refractivity contribution in [2.45, 2.75) is 57.5 Å². The minimum absolute atomic E-state index is 0.131. The van der Waals surface area contributed by atoms with Crippen molar-refractivity contribution >= 4 is 51.1 Å². The number of carbonyl (C=O) groups excluding carboxylic acids is 3. The van der Waals surface area contributed by atoms with E-state index < -0.39 is 12.0 Å². The molecule has 12 heteroatoms. The van der Waals surface area contributed by atoms with Crippen LogP contribution in [0.25, 0.3) is 22.0 Å². The monoisotopic (exact) mass is 778 g/mol. The van der Waals surface area contributed by atoms with E-state index in [-0.39, 0.29) is 24.1 Å². The molecule has 0 spiro atoms. The molecule has 3 saturated heterocycles. The van der Waals surface area contributed by atoms with Gasteiger partial charge in [-0.2, -0.15) is 4.39 Å². The van der Waals surface area contributed by atoms with Crippen LogP contribution in [0.2, 0.25) is 0 Å². The quantitative estimate of drug-likeness (QED) is 0.188. The van der Waals surface area contributed by atoms with Gasteiger partial charge in [0.2, 0.25) is 17.8 Å². The van der Waals surface area contributed by atoms with Crippen molar-refractivity contribution in [2.75, 3.05) is 55.6 Å². The van der Waals surface area contributed by atoms with Crippen LogP contribution in [0.1, 0.15) is 76.7 Å². The Balaban J connectivity index is 0.766. The fourth-order valence-corrected chi connectivity index (χ4v) is 10.1.